The number of amides is 2. The van der Waals surface area contributed by atoms with Gasteiger partial charge in [-0.05, 0) is 6.07 Å². The van der Waals surface area contributed by atoms with Gasteiger partial charge in [-0.1, -0.05) is 23.2 Å². The number of carbonyl (C=O) groups excluding carboxylic acids is 2. The zero-order valence-corrected chi connectivity index (χ0v) is 8.87. The average molecular weight is 252 g/mol. The standard InChI is InChI=1S/C7H3Cl2NO3S/c8-3-1-2(5(9)14-3)4-6(11)10-7(12)13-4/h1,4H,(H,10,11,12). The van der Waals surface area contributed by atoms with Crippen LogP contribution in [0.5, 0.6) is 0 Å². The topological polar surface area (TPSA) is 55.4 Å². The molecule has 1 aliphatic heterocycles. The van der Waals surface area contributed by atoms with Gasteiger partial charge in [-0.3, -0.25) is 10.1 Å². The number of alkyl carbamates (subject to hydrolysis) is 1. The molecule has 1 aromatic rings. The van der Waals surface area contributed by atoms with Crippen LogP contribution in [0.25, 0.3) is 0 Å². The molecular weight excluding hydrogens is 249 g/mol. The van der Waals surface area contributed by atoms with Crippen LogP contribution >= 0.6 is 34.5 Å². The molecule has 0 radical (unpaired) electrons. The summed E-state index contributed by atoms with van der Waals surface area (Å²) in [4.78, 5) is 21.9. The van der Waals surface area contributed by atoms with Crippen molar-refractivity contribution < 1.29 is 14.3 Å². The predicted octanol–water partition coefficient (Wildman–Crippen LogP) is 2.36. The Labute approximate surface area is 92.8 Å². The van der Waals surface area contributed by atoms with Crippen molar-refractivity contribution in [1.29, 1.82) is 0 Å². The zero-order chi connectivity index (χ0) is 10.3. The van der Waals surface area contributed by atoms with E-state index in [2.05, 4.69) is 0 Å². The fourth-order valence-electron chi connectivity index (χ4n) is 1.09. The van der Waals surface area contributed by atoms with Crippen LogP contribution < -0.4 is 5.32 Å². The summed E-state index contributed by atoms with van der Waals surface area (Å²) in [5.74, 6) is -0.522. The van der Waals surface area contributed by atoms with E-state index in [0.29, 0.717) is 14.2 Å². The minimum Gasteiger partial charge on any atom is -0.431 e. The molecule has 1 N–H and O–H groups in total. The lowest BCUT2D eigenvalue weighted by Crippen LogP contribution is -2.20. The van der Waals surface area contributed by atoms with Crippen LogP contribution in [-0.2, 0) is 9.53 Å². The van der Waals surface area contributed by atoms with Gasteiger partial charge in [0, 0.05) is 5.56 Å². The number of nitrogens with one attached hydrogen (secondary N) is 1. The molecule has 1 fully saturated rings. The second kappa shape index (κ2) is 3.42. The quantitative estimate of drug-likeness (QED) is 0.834. The van der Waals surface area contributed by atoms with Gasteiger partial charge in [-0.25, -0.2) is 4.79 Å². The first-order valence-electron chi connectivity index (χ1n) is 3.54. The molecule has 1 atom stereocenters. The van der Waals surface area contributed by atoms with Gasteiger partial charge in [0.25, 0.3) is 5.91 Å². The largest absolute Gasteiger partial charge is 0.431 e. The fraction of sp³-hybridized carbons (Fsp3) is 0.143. The number of thiophene rings is 1. The molecule has 0 aliphatic carbocycles. The van der Waals surface area contributed by atoms with E-state index in [1.807, 2.05) is 5.32 Å². The van der Waals surface area contributed by atoms with Crippen molar-refractivity contribution in [2.24, 2.45) is 0 Å². The number of cyclic esters (lactones) is 1. The number of hydrogen-bond donors (Lipinski definition) is 1. The van der Waals surface area contributed by atoms with Crippen molar-refractivity contribution in [1.82, 2.24) is 5.32 Å². The Kier molecular flexibility index (Phi) is 2.38. The highest BCUT2D eigenvalue weighted by Gasteiger charge is 2.35. The molecule has 0 spiro atoms. The lowest BCUT2D eigenvalue weighted by Gasteiger charge is -2.02. The highest BCUT2D eigenvalue weighted by molar-refractivity contribution is 7.20. The van der Waals surface area contributed by atoms with Crippen LogP contribution in [0.3, 0.4) is 0 Å². The van der Waals surface area contributed by atoms with Gasteiger partial charge in [0.2, 0.25) is 6.10 Å². The van der Waals surface area contributed by atoms with Crippen molar-refractivity contribution in [3.05, 3.63) is 20.3 Å². The number of ether oxygens (including phenoxy) is 1. The third-order valence-corrected chi connectivity index (χ3v) is 3.17. The maximum absolute atomic E-state index is 11.2. The average Bonchev–Trinajstić information content (AvgIpc) is 2.55. The fourth-order valence-corrected chi connectivity index (χ4v) is 2.60. The lowest BCUT2D eigenvalue weighted by molar-refractivity contribution is -0.123. The normalized spacial score (nSPS) is 20.9. The molecule has 2 rings (SSSR count). The summed E-state index contributed by atoms with van der Waals surface area (Å²) in [6, 6.07) is 1.51. The van der Waals surface area contributed by atoms with Crippen molar-refractivity contribution in [3.8, 4) is 0 Å². The summed E-state index contributed by atoms with van der Waals surface area (Å²) in [6.07, 6.45) is -1.74. The van der Waals surface area contributed by atoms with Crippen LogP contribution in [-0.4, -0.2) is 12.0 Å². The first-order chi connectivity index (χ1) is 6.58. The summed E-state index contributed by atoms with van der Waals surface area (Å²) in [5.41, 5.74) is 0.421. The maximum Gasteiger partial charge on any atom is 0.415 e. The Balaban J connectivity index is 2.36. The van der Waals surface area contributed by atoms with Crippen molar-refractivity contribution in [3.63, 3.8) is 0 Å². The molecule has 1 saturated heterocycles. The molecule has 2 amide bonds. The number of imide groups is 1. The second-order valence-corrected chi connectivity index (χ2v) is 4.84. The summed E-state index contributed by atoms with van der Waals surface area (Å²) in [7, 11) is 0. The van der Waals surface area contributed by atoms with E-state index in [9.17, 15) is 9.59 Å². The molecule has 2 heterocycles. The maximum atomic E-state index is 11.2. The highest BCUT2D eigenvalue weighted by atomic mass is 35.5. The van der Waals surface area contributed by atoms with E-state index in [-0.39, 0.29) is 0 Å². The number of hydrogen-bond acceptors (Lipinski definition) is 4. The minimum atomic E-state index is -0.973. The highest BCUT2D eigenvalue weighted by Crippen LogP contribution is 2.37. The predicted molar refractivity (Wildman–Crippen MR) is 51.7 cm³/mol. The minimum absolute atomic E-state index is 0.352. The van der Waals surface area contributed by atoms with Gasteiger partial charge in [-0.2, -0.15) is 0 Å². The molecule has 1 aliphatic rings. The van der Waals surface area contributed by atoms with Gasteiger partial charge < -0.3 is 4.74 Å². The van der Waals surface area contributed by atoms with Gasteiger partial charge in [0.15, 0.2) is 0 Å². The van der Waals surface area contributed by atoms with Crippen molar-refractivity contribution in [2.45, 2.75) is 6.10 Å². The molecule has 7 heteroatoms. The second-order valence-electron chi connectivity index (χ2n) is 2.55. The van der Waals surface area contributed by atoms with Crippen LogP contribution in [0.4, 0.5) is 4.79 Å². The number of carbonyl (C=O) groups is 2. The van der Waals surface area contributed by atoms with E-state index in [4.69, 9.17) is 27.9 Å². The lowest BCUT2D eigenvalue weighted by atomic mass is 10.2. The first-order valence-corrected chi connectivity index (χ1v) is 5.11. The van der Waals surface area contributed by atoms with E-state index in [0.717, 1.165) is 11.3 Å². The number of rotatable bonds is 1. The van der Waals surface area contributed by atoms with Gasteiger partial charge in [0.05, 0.1) is 4.34 Å². The summed E-state index contributed by atoms with van der Waals surface area (Å²) < 4.78 is 5.51. The van der Waals surface area contributed by atoms with Crippen LogP contribution in [0, 0.1) is 0 Å². The van der Waals surface area contributed by atoms with E-state index < -0.39 is 18.1 Å². The summed E-state index contributed by atoms with van der Waals surface area (Å²) in [5, 5.41) is 2.00. The molecular formula is C7H3Cl2NO3S. The third-order valence-electron chi connectivity index (χ3n) is 1.65. The van der Waals surface area contributed by atoms with Gasteiger partial charge in [0.1, 0.15) is 4.34 Å². The molecule has 74 valence electrons. The Morgan fingerprint density at radius 1 is 1.43 bits per heavy atom. The summed E-state index contributed by atoms with van der Waals surface area (Å²) in [6.45, 7) is 0. The number of halogens is 2. The van der Waals surface area contributed by atoms with Crippen LogP contribution in [0.1, 0.15) is 11.7 Å². The van der Waals surface area contributed by atoms with Gasteiger partial charge >= 0.3 is 6.09 Å². The monoisotopic (exact) mass is 251 g/mol. The van der Waals surface area contributed by atoms with E-state index >= 15 is 0 Å². The van der Waals surface area contributed by atoms with E-state index in [1.165, 1.54) is 6.07 Å². The van der Waals surface area contributed by atoms with Crippen LogP contribution in [0.15, 0.2) is 6.07 Å². The van der Waals surface area contributed by atoms with E-state index in [1.54, 1.807) is 0 Å². The molecule has 0 saturated carbocycles. The molecule has 1 unspecified atom stereocenters. The Morgan fingerprint density at radius 3 is 2.57 bits per heavy atom. The van der Waals surface area contributed by atoms with Crippen molar-refractivity contribution >= 4 is 46.5 Å². The zero-order valence-electron chi connectivity index (χ0n) is 6.54. The Bertz CT molecular complexity index is 417. The van der Waals surface area contributed by atoms with Crippen LogP contribution in [0.2, 0.25) is 8.67 Å². The Morgan fingerprint density at radius 2 is 2.14 bits per heavy atom. The van der Waals surface area contributed by atoms with Gasteiger partial charge in [-0.15, -0.1) is 11.3 Å². The molecule has 4 nitrogen and oxygen atoms in total. The first kappa shape index (κ1) is 9.76. The summed E-state index contributed by atoms with van der Waals surface area (Å²) >= 11 is 12.6. The molecule has 1 aromatic heterocycles. The Hall–Kier alpha value is -0.780. The third kappa shape index (κ3) is 1.58. The molecule has 0 bridgehead atoms. The molecule has 0 aromatic carbocycles. The SMILES string of the molecule is O=C1NC(=O)C(c2cc(Cl)sc2Cl)O1. The molecule has 14 heavy (non-hydrogen) atoms. The smallest absolute Gasteiger partial charge is 0.415 e. The van der Waals surface area contributed by atoms with Crippen molar-refractivity contribution in [2.75, 3.05) is 0 Å².